The number of rotatable bonds is 10. The summed E-state index contributed by atoms with van der Waals surface area (Å²) in [4.78, 5) is 14.8. The van der Waals surface area contributed by atoms with Gasteiger partial charge in [-0.05, 0) is 38.5 Å². The summed E-state index contributed by atoms with van der Waals surface area (Å²) in [6.07, 6.45) is 1.27. The third-order valence-electron chi connectivity index (χ3n) is 4.44. The first-order valence-corrected chi connectivity index (χ1v) is 11.0. The zero-order chi connectivity index (χ0) is 20.6. The number of hydrogen-bond donors (Lipinski definition) is 2. The summed E-state index contributed by atoms with van der Waals surface area (Å²) in [5, 5.41) is 2.86. The summed E-state index contributed by atoms with van der Waals surface area (Å²) in [5.74, 6) is -0.280. The second kappa shape index (κ2) is 10.9. The number of amides is 1. The molecule has 1 aromatic rings. The number of sulfonamides is 1. The molecule has 0 aromatic heterocycles. The Labute approximate surface area is 167 Å². The van der Waals surface area contributed by atoms with Crippen molar-refractivity contribution in [1.82, 2.24) is 14.9 Å². The Balaban J connectivity index is 1.82. The zero-order valence-electron chi connectivity index (χ0n) is 16.8. The smallest absolute Gasteiger partial charge is 0.251 e. The highest BCUT2D eigenvalue weighted by atomic mass is 32.2. The normalized spacial score (nSPS) is 20.8. The van der Waals surface area contributed by atoms with E-state index >= 15 is 0 Å². The molecule has 2 atom stereocenters. The predicted octanol–water partition coefficient (Wildman–Crippen LogP) is 0.840. The Morgan fingerprint density at radius 2 is 1.96 bits per heavy atom. The van der Waals surface area contributed by atoms with E-state index in [1.54, 1.807) is 12.1 Å². The molecule has 1 amide bonds. The lowest BCUT2D eigenvalue weighted by Crippen LogP contribution is -2.46. The third kappa shape index (κ3) is 7.14. The Morgan fingerprint density at radius 1 is 1.25 bits per heavy atom. The maximum atomic E-state index is 12.4. The lowest BCUT2D eigenvalue weighted by atomic mass is 10.2. The lowest BCUT2D eigenvalue weighted by molar-refractivity contribution is -0.0680. The number of carbonyl (C=O) groups excluding carboxylic acids is 1. The molecular weight excluding hydrogens is 382 g/mol. The summed E-state index contributed by atoms with van der Waals surface area (Å²) in [6.45, 7) is 7.79. The van der Waals surface area contributed by atoms with E-state index in [1.165, 1.54) is 19.2 Å². The molecule has 0 spiro atoms. The molecule has 9 heteroatoms. The topological polar surface area (TPSA) is 97.0 Å². The van der Waals surface area contributed by atoms with E-state index in [-0.39, 0.29) is 36.2 Å². The second-order valence-corrected chi connectivity index (χ2v) is 8.81. The maximum absolute atomic E-state index is 12.4. The molecule has 0 radical (unpaired) electrons. The van der Waals surface area contributed by atoms with Gasteiger partial charge in [-0.1, -0.05) is 6.07 Å². The lowest BCUT2D eigenvalue weighted by Gasteiger charge is -2.35. The average molecular weight is 414 g/mol. The molecule has 2 unspecified atom stereocenters. The van der Waals surface area contributed by atoms with E-state index < -0.39 is 10.0 Å². The summed E-state index contributed by atoms with van der Waals surface area (Å²) < 4.78 is 37.5. The Bertz CT molecular complexity index is 731. The van der Waals surface area contributed by atoms with Gasteiger partial charge in [-0.25, -0.2) is 13.1 Å². The number of morpholine rings is 1. The molecular formula is C19H31N3O5S. The highest BCUT2D eigenvalue weighted by Crippen LogP contribution is 2.12. The molecule has 0 aliphatic carbocycles. The molecule has 1 heterocycles. The van der Waals surface area contributed by atoms with Gasteiger partial charge in [-0.3, -0.25) is 9.69 Å². The second-order valence-electron chi connectivity index (χ2n) is 7.04. The van der Waals surface area contributed by atoms with Crippen molar-refractivity contribution in [2.24, 2.45) is 0 Å². The Hall–Kier alpha value is -1.52. The van der Waals surface area contributed by atoms with Crippen molar-refractivity contribution in [3.05, 3.63) is 29.8 Å². The summed E-state index contributed by atoms with van der Waals surface area (Å²) in [5.41, 5.74) is 0.322. The minimum absolute atomic E-state index is 0.0625. The van der Waals surface area contributed by atoms with Gasteiger partial charge in [0.1, 0.15) is 0 Å². The van der Waals surface area contributed by atoms with Crippen LogP contribution in [0.15, 0.2) is 29.2 Å². The Kier molecular flexibility index (Phi) is 8.84. The van der Waals surface area contributed by atoms with E-state index in [4.69, 9.17) is 9.47 Å². The minimum Gasteiger partial charge on any atom is -0.383 e. The standard InChI is InChI=1S/C19H31N3O5S/c1-15-13-22(14-16(2)27-15)10-5-8-20-19(23)17-6-4-7-18(12-17)28(24,25)21-9-11-26-3/h4,6-7,12,15-16,21H,5,8-11,13-14H2,1-3H3,(H,20,23). The third-order valence-corrected chi connectivity index (χ3v) is 5.90. The fourth-order valence-corrected chi connectivity index (χ4v) is 4.30. The van der Waals surface area contributed by atoms with Gasteiger partial charge in [0.15, 0.2) is 0 Å². The summed E-state index contributed by atoms with van der Waals surface area (Å²) >= 11 is 0. The number of benzene rings is 1. The van der Waals surface area contributed by atoms with Crippen molar-refractivity contribution < 1.29 is 22.7 Å². The van der Waals surface area contributed by atoms with Crippen molar-refractivity contribution >= 4 is 15.9 Å². The van der Waals surface area contributed by atoms with E-state index in [9.17, 15) is 13.2 Å². The predicted molar refractivity (Wildman–Crippen MR) is 107 cm³/mol. The number of nitrogens with zero attached hydrogens (tertiary/aromatic N) is 1. The monoisotopic (exact) mass is 413 g/mol. The fourth-order valence-electron chi connectivity index (χ4n) is 3.24. The molecule has 2 rings (SSSR count). The van der Waals surface area contributed by atoms with E-state index in [0.29, 0.717) is 12.1 Å². The number of ether oxygens (including phenoxy) is 2. The molecule has 28 heavy (non-hydrogen) atoms. The van der Waals surface area contributed by atoms with Gasteiger partial charge in [0.2, 0.25) is 10.0 Å². The maximum Gasteiger partial charge on any atom is 0.251 e. The van der Waals surface area contributed by atoms with Gasteiger partial charge in [0.05, 0.1) is 23.7 Å². The Morgan fingerprint density at radius 3 is 2.64 bits per heavy atom. The van der Waals surface area contributed by atoms with Gasteiger partial charge < -0.3 is 14.8 Å². The van der Waals surface area contributed by atoms with Crippen molar-refractivity contribution in [3.63, 3.8) is 0 Å². The van der Waals surface area contributed by atoms with Crippen LogP contribution in [0.25, 0.3) is 0 Å². The molecule has 1 aliphatic rings. The van der Waals surface area contributed by atoms with Gasteiger partial charge in [-0.15, -0.1) is 0 Å². The van der Waals surface area contributed by atoms with Gasteiger partial charge in [0, 0.05) is 45.4 Å². The SMILES string of the molecule is COCCNS(=O)(=O)c1cccc(C(=O)NCCCN2CC(C)OC(C)C2)c1. The van der Waals surface area contributed by atoms with Crippen LogP contribution in [0, 0.1) is 0 Å². The summed E-state index contributed by atoms with van der Waals surface area (Å²) in [6, 6.07) is 6.02. The molecule has 0 saturated carbocycles. The summed E-state index contributed by atoms with van der Waals surface area (Å²) in [7, 11) is -2.17. The van der Waals surface area contributed by atoms with Gasteiger partial charge in [0.25, 0.3) is 5.91 Å². The quantitative estimate of drug-likeness (QED) is 0.552. The van der Waals surface area contributed by atoms with Crippen LogP contribution in [-0.4, -0.2) is 77.9 Å². The van der Waals surface area contributed by atoms with Crippen LogP contribution in [0.4, 0.5) is 0 Å². The largest absolute Gasteiger partial charge is 0.383 e. The van der Waals surface area contributed by atoms with Crippen LogP contribution in [-0.2, 0) is 19.5 Å². The molecule has 1 aliphatic heterocycles. The molecule has 1 saturated heterocycles. The van der Waals surface area contributed by atoms with E-state index in [1.807, 2.05) is 0 Å². The van der Waals surface area contributed by atoms with E-state index in [0.717, 1.165) is 26.1 Å². The molecule has 2 N–H and O–H groups in total. The highest BCUT2D eigenvalue weighted by Gasteiger charge is 2.21. The van der Waals surface area contributed by atoms with E-state index in [2.05, 4.69) is 28.8 Å². The molecule has 1 aromatic carbocycles. The first kappa shape index (κ1) is 22.8. The van der Waals surface area contributed by atoms with Crippen LogP contribution in [0.3, 0.4) is 0 Å². The molecule has 0 bridgehead atoms. The molecule has 158 valence electrons. The van der Waals surface area contributed by atoms with Crippen molar-refractivity contribution in [2.45, 2.75) is 37.4 Å². The van der Waals surface area contributed by atoms with Crippen LogP contribution in [0.2, 0.25) is 0 Å². The first-order chi connectivity index (χ1) is 13.3. The number of carbonyl (C=O) groups is 1. The van der Waals surface area contributed by atoms with Crippen molar-refractivity contribution in [3.8, 4) is 0 Å². The first-order valence-electron chi connectivity index (χ1n) is 9.56. The average Bonchev–Trinajstić information content (AvgIpc) is 2.64. The van der Waals surface area contributed by atoms with Crippen LogP contribution >= 0.6 is 0 Å². The van der Waals surface area contributed by atoms with Crippen molar-refractivity contribution in [2.75, 3.05) is 46.4 Å². The minimum atomic E-state index is -3.67. The number of methoxy groups -OCH3 is 1. The van der Waals surface area contributed by atoms with Crippen molar-refractivity contribution in [1.29, 1.82) is 0 Å². The fraction of sp³-hybridized carbons (Fsp3) is 0.632. The number of hydrogen-bond acceptors (Lipinski definition) is 6. The van der Waals surface area contributed by atoms with Gasteiger partial charge >= 0.3 is 0 Å². The molecule has 8 nitrogen and oxygen atoms in total. The number of nitrogens with one attached hydrogen (secondary N) is 2. The van der Waals surface area contributed by atoms with Crippen LogP contribution in [0.5, 0.6) is 0 Å². The van der Waals surface area contributed by atoms with Gasteiger partial charge in [-0.2, -0.15) is 0 Å². The zero-order valence-corrected chi connectivity index (χ0v) is 17.6. The van der Waals surface area contributed by atoms with Crippen LogP contribution in [0.1, 0.15) is 30.6 Å². The molecule has 1 fully saturated rings. The highest BCUT2D eigenvalue weighted by molar-refractivity contribution is 7.89. The van der Waals surface area contributed by atoms with Crippen LogP contribution < -0.4 is 10.0 Å².